The zero-order chi connectivity index (χ0) is 16.2. The molecule has 0 saturated carbocycles. The molecule has 0 aliphatic rings. The Kier molecular flexibility index (Phi) is 4.48. The number of anilines is 1. The van der Waals surface area contributed by atoms with Crippen molar-refractivity contribution in [3.63, 3.8) is 0 Å². The van der Waals surface area contributed by atoms with Crippen molar-refractivity contribution in [2.24, 2.45) is 0 Å². The first-order valence-electron chi connectivity index (χ1n) is 7.34. The van der Waals surface area contributed by atoms with E-state index in [1.807, 2.05) is 56.4 Å². The molecule has 0 radical (unpaired) electrons. The molecular weight excluding hydrogens is 306 g/mol. The molecule has 0 atom stereocenters. The van der Waals surface area contributed by atoms with Gasteiger partial charge < -0.3 is 5.32 Å². The van der Waals surface area contributed by atoms with E-state index in [0.717, 1.165) is 27.3 Å². The van der Waals surface area contributed by atoms with Gasteiger partial charge in [-0.3, -0.25) is 9.78 Å². The molecule has 0 unspecified atom stereocenters. The quantitative estimate of drug-likeness (QED) is 0.789. The fraction of sp³-hybridized carbons (Fsp3) is 0.167. The molecule has 1 aromatic carbocycles. The summed E-state index contributed by atoms with van der Waals surface area (Å²) < 4.78 is 0. The smallest absolute Gasteiger partial charge is 0.230 e. The van der Waals surface area contributed by atoms with Gasteiger partial charge in [-0.25, -0.2) is 4.98 Å². The number of nitrogens with one attached hydrogen (secondary N) is 1. The topological polar surface area (TPSA) is 54.9 Å². The predicted octanol–water partition coefficient (Wildman–Crippen LogP) is 4.00. The lowest BCUT2D eigenvalue weighted by Gasteiger charge is -2.05. The number of pyridine rings is 1. The van der Waals surface area contributed by atoms with Gasteiger partial charge in [-0.15, -0.1) is 11.3 Å². The van der Waals surface area contributed by atoms with Crippen molar-refractivity contribution in [2.75, 3.05) is 5.32 Å². The van der Waals surface area contributed by atoms with Crippen LogP contribution in [-0.2, 0) is 11.2 Å². The highest BCUT2D eigenvalue weighted by Gasteiger charge is 2.07. The Morgan fingerprint density at radius 3 is 2.43 bits per heavy atom. The number of hydrogen-bond donors (Lipinski definition) is 1. The second-order valence-electron chi connectivity index (χ2n) is 5.42. The van der Waals surface area contributed by atoms with Crippen LogP contribution in [0.25, 0.3) is 11.3 Å². The zero-order valence-electron chi connectivity index (χ0n) is 13.0. The van der Waals surface area contributed by atoms with E-state index in [-0.39, 0.29) is 5.91 Å². The van der Waals surface area contributed by atoms with E-state index in [4.69, 9.17) is 0 Å². The van der Waals surface area contributed by atoms with Crippen LogP contribution in [0.1, 0.15) is 16.0 Å². The van der Waals surface area contributed by atoms with Crippen LogP contribution in [-0.4, -0.2) is 15.9 Å². The van der Waals surface area contributed by atoms with Crippen molar-refractivity contribution in [2.45, 2.75) is 20.3 Å². The summed E-state index contributed by atoms with van der Waals surface area (Å²) in [4.78, 5) is 21.7. The molecule has 5 heteroatoms. The van der Waals surface area contributed by atoms with E-state index < -0.39 is 0 Å². The number of aryl methyl sites for hydroxylation is 2. The first-order chi connectivity index (χ1) is 11.1. The third kappa shape index (κ3) is 4.02. The van der Waals surface area contributed by atoms with E-state index >= 15 is 0 Å². The molecule has 0 bridgehead atoms. The number of benzene rings is 1. The normalized spacial score (nSPS) is 10.5. The molecule has 3 rings (SSSR count). The molecule has 3 aromatic rings. The largest absolute Gasteiger partial charge is 0.302 e. The highest BCUT2D eigenvalue weighted by molar-refractivity contribution is 7.15. The summed E-state index contributed by atoms with van der Waals surface area (Å²) in [5.74, 6) is -0.0550. The number of nitrogens with zero attached hydrogens (tertiary/aromatic N) is 2. The summed E-state index contributed by atoms with van der Waals surface area (Å²) >= 11 is 1.48. The molecule has 0 aliphatic heterocycles. The minimum absolute atomic E-state index is 0.0550. The number of hydrogen-bond acceptors (Lipinski definition) is 4. The minimum Gasteiger partial charge on any atom is -0.302 e. The fourth-order valence-corrected chi connectivity index (χ4v) is 2.87. The summed E-state index contributed by atoms with van der Waals surface area (Å²) in [6, 6.07) is 12.0. The third-order valence-corrected chi connectivity index (χ3v) is 4.22. The SMILES string of the molecule is Cc1ccc(-c2ccc(CC(=O)Nc3ncc(C)s3)cc2)nc1. The average Bonchev–Trinajstić information content (AvgIpc) is 2.94. The van der Waals surface area contributed by atoms with Crippen molar-refractivity contribution >= 4 is 22.4 Å². The van der Waals surface area contributed by atoms with Gasteiger partial charge in [0.05, 0.1) is 12.1 Å². The van der Waals surface area contributed by atoms with E-state index in [2.05, 4.69) is 15.3 Å². The third-order valence-electron chi connectivity index (χ3n) is 3.39. The summed E-state index contributed by atoms with van der Waals surface area (Å²) in [5, 5.41) is 3.47. The molecule has 1 N–H and O–H groups in total. The molecule has 116 valence electrons. The number of amides is 1. The molecule has 23 heavy (non-hydrogen) atoms. The first-order valence-corrected chi connectivity index (χ1v) is 8.16. The molecule has 0 spiro atoms. The molecular formula is C18H17N3OS. The summed E-state index contributed by atoms with van der Waals surface area (Å²) in [6.45, 7) is 3.98. The minimum atomic E-state index is -0.0550. The Balaban J connectivity index is 1.65. The van der Waals surface area contributed by atoms with Crippen molar-refractivity contribution < 1.29 is 4.79 Å². The van der Waals surface area contributed by atoms with Gasteiger partial charge in [-0.05, 0) is 31.0 Å². The lowest BCUT2D eigenvalue weighted by atomic mass is 10.1. The predicted molar refractivity (Wildman–Crippen MR) is 93.6 cm³/mol. The second kappa shape index (κ2) is 6.71. The van der Waals surface area contributed by atoms with Gasteiger partial charge in [0, 0.05) is 22.8 Å². The van der Waals surface area contributed by atoms with Crippen molar-refractivity contribution in [3.8, 4) is 11.3 Å². The number of rotatable bonds is 4. The Bertz CT molecular complexity index is 807. The number of carbonyl (C=O) groups is 1. The second-order valence-corrected chi connectivity index (χ2v) is 6.65. The first kappa shape index (κ1) is 15.4. The molecule has 0 saturated heterocycles. The van der Waals surface area contributed by atoms with Crippen LogP contribution in [0.2, 0.25) is 0 Å². The Hall–Kier alpha value is -2.53. The summed E-state index contributed by atoms with van der Waals surface area (Å²) in [7, 11) is 0. The van der Waals surface area contributed by atoms with Gasteiger partial charge in [0.1, 0.15) is 0 Å². The van der Waals surface area contributed by atoms with Crippen molar-refractivity contribution in [3.05, 3.63) is 64.8 Å². The number of thiazole rings is 1. The van der Waals surface area contributed by atoms with E-state index in [1.165, 1.54) is 11.3 Å². The van der Waals surface area contributed by atoms with Crippen LogP contribution < -0.4 is 5.32 Å². The van der Waals surface area contributed by atoms with Gasteiger partial charge >= 0.3 is 0 Å². The van der Waals surface area contributed by atoms with Crippen LogP contribution in [0.3, 0.4) is 0 Å². The average molecular weight is 323 g/mol. The van der Waals surface area contributed by atoms with Gasteiger partial charge in [0.2, 0.25) is 5.91 Å². The standard InChI is InChI=1S/C18H17N3OS/c1-12-3-8-16(19-10-12)15-6-4-14(5-7-15)9-17(22)21-18-20-11-13(2)23-18/h3-8,10-11H,9H2,1-2H3,(H,20,21,22). The number of aromatic nitrogens is 2. The maximum absolute atomic E-state index is 12.0. The van der Waals surface area contributed by atoms with E-state index in [9.17, 15) is 4.79 Å². The van der Waals surface area contributed by atoms with E-state index in [1.54, 1.807) is 6.20 Å². The zero-order valence-corrected chi connectivity index (χ0v) is 13.9. The van der Waals surface area contributed by atoms with Gasteiger partial charge in [-0.2, -0.15) is 0 Å². The highest BCUT2D eigenvalue weighted by atomic mass is 32.1. The Morgan fingerprint density at radius 1 is 1.04 bits per heavy atom. The van der Waals surface area contributed by atoms with Crippen molar-refractivity contribution in [1.29, 1.82) is 0 Å². The lowest BCUT2D eigenvalue weighted by molar-refractivity contribution is -0.115. The Labute approximate surface area is 139 Å². The maximum atomic E-state index is 12.0. The van der Waals surface area contributed by atoms with Crippen LogP contribution in [0.5, 0.6) is 0 Å². The maximum Gasteiger partial charge on any atom is 0.230 e. The van der Waals surface area contributed by atoms with Crippen LogP contribution >= 0.6 is 11.3 Å². The highest BCUT2D eigenvalue weighted by Crippen LogP contribution is 2.19. The monoisotopic (exact) mass is 323 g/mol. The van der Waals surface area contributed by atoms with Gasteiger partial charge in [0.15, 0.2) is 5.13 Å². The van der Waals surface area contributed by atoms with Gasteiger partial charge in [-0.1, -0.05) is 30.3 Å². The molecule has 2 aromatic heterocycles. The lowest BCUT2D eigenvalue weighted by Crippen LogP contribution is -2.14. The van der Waals surface area contributed by atoms with Gasteiger partial charge in [0.25, 0.3) is 0 Å². The summed E-state index contributed by atoms with van der Waals surface area (Å²) in [5.41, 5.74) is 4.08. The molecule has 0 fully saturated rings. The number of carbonyl (C=O) groups excluding carboxylic acids is 1. The molecule has 2 heterocycles. The molecule has 4 nitrogen and oxygen atoms in total. The molecule has 0 aliphatic carbocycles. The van der Waals surface area contributed by atoms with Crippen LogP contribution in [0.4, 0.5) is 5.13 Å². The Morgan fingerprint density at radius 2 is 1.83 bits per heavy atom. The van der Waals surface area contributed by atoms with Crippen LogP contribution in [0.15, 0.2) is 48.8 Å². The molecule has 1 amide bonds. The van der Waals surface area contributed by atoms with Crippen LogP contribution in [0, 0.1) is 13.8 Å². The van der Waals surface area contributed by atoms with Crippen molar-refractivity contribution in [1.82, 2.24) is 9.97 Å². The summed E-state index contributed by atoms with van der Waals surface area (Å²) in [6.07, 6.45) is 3.94. The fourth-order valence-electron chi connectivity index (χ4n) is 2.19. The van der Waals surface area contributed by atoms with E-state index in [0.29, 0.717) is 11.6 Å².